The van der Waals surface area contributed by atoms with Crippen molar-refractivity contribution in [2.45, 2.75) is 0 Å². The fourth-order valence-electron chi connectivity index (χ4n) is 1.49. The van der Waals surface area contributed by atoms with Gasteiger partial charge in [0.1, 0.15) is 0 Å². The second kappa shape index (κ2) is 3.61. The first-order chi connectivity index (χ1) is 7.22. The van der Waals surface area contributed by atoms with Crippen LogP contribution in [0.2, 0.25) is 0 Å². The molecule has 5 heteroatoms. The Hall–Kier alpha value is -2.04. The molecule has 0 aromatic heterocycles. The Morgan fingerprint density at radius 3 is 3.00 bits per heavy atom. The van der Waals surface area contributed by atoms with Crippen LogP contribution in [-0.4, -0.2) is 25.5 Å². The number of anilines is 2. The van der Waals surface area contributed by atoms with Crippen LogP contribution in [0.4, 0.5) is 11.4 Å². The third-order valence-corrected chi connectivity index (χ3v) is 2.17. The highest BCUT2D eigenvalue weighted by Gasteiger charge is 2.20. The van der Waals surface area contributed by atoms with Gasteiger partial charge in [-0.05, 0) is 12.1 Å². The number of esters is 1. The van der Waals surface area contributed by atoms with E-state index in [-0.39, 0.29) is 12.5 Å². The van der Waals surface area contributed by atoms with Crippen LogP contribution in [0.3, 0.4) is 0 Å². The Balaban J connectivity index is 2.46. The first kappa shape index (κ1) is 9.51. The largest absolute Gasteiger partial charge is 0.465 e. The third kappa shape index (κ3) is 1.63. The predicted molar refractivity (Wildman–Crippen MR) is 54.9 cm³/mol. The van der Waals surface area contributed by atoms with Crippen molar-refractivity contribution in [2.75, 3.05) is 24.3 Å². The van der Waals surface area contributed by atoms with Gasteiger partial charge in [-0.15, -0.1) is 0 Å². The van der Waals surface area contributed by atoms with Crippen LogP contribution in [0.5, 0.6) is 0 Å². The normalized spacial score (nSPS) is 13.5. The molecule has 2 N–H and O–H groups in total. The van der Waals surface area contributed by atoms with E-state index >= 15 is 0 Å². The highest BCUT2D eigenvalue weighted by Crippen LogP contribution is 2.28. The molecule has 1 aliphatic heterocycles. The Bertz CT molecular complexity index is 429. The van der Waals surface area contributed by atoms with Gasteiger partial charge < -0.3 is 15.4 Å². The summed E-state index contributed by atoms with van der Waals surface area (Å²) in [5, 5.41) is 5.55. The average Bonchev–Trinajstić information content (AvgIpc) is 2.26. The molecular weight excluding hydrogens is 196 g/mol. The summed E-state index contributed by atoms with van der Waals surface area (Å²) in [5.41, 5.74) is 1.65. The lowest BCUT2D eigenvalue weighted by Crippen LogP contribution is -2.28. The number of hydrogen-bond donors (Lipinski definition) is 2. The zero-order valence-electron chi connectivity index (χ0n) is 8.16. The lowest BCUT2D eigenvalue weighted by atomic mass is 10.1. The summed E-state index contributed by atoms with van der Waals surface area (Å²) < 4.78 is 4.64. The first-order valence-electron chi connectivity index (χ1n) is 4.47. The topological polar surface area (TPSA) is 67.4 Å². The maximum Gasteiger partial charge on any atom is 0.340 e. The zero-order chi connectivity index (χ0) is 10.8. The number of hydrogen-bond acceptors (Lipinski definition) is 4. The van der Waals surface area contributed by atoms with Gasteiger partial charge in [0.25, 0.3) is 0 Å². The molecule has 0 unspecified atom stereocenters. The molecule has 0 spiro atoms. The van der Waals surface area contributed by atoms with Crippen molar-refractivity contribution in [1.82, 2.24) is 0 Å². The number of carbonyl (C=O) groups excluding carboxylic acids is 2. The standard InChI is InChI=1S/C10H10N2O3/c1-15-10(14)6-3-2-4-7-9(6)11-5-8(13)12-7/h2-4,11H,5H2,1H3,(H,12,13). The van der Waals surface area contributed by atoms with Crippen molar-refractivity contribution >= 4 is 23.3 Å². The van der Waals surface area contributed by atoms with E-state index in [9.17, 15) is 9.59 Å². The Morgan fingerprint density at radius 1 is 1.47 bits per heavy atom. The van der Waals surface area contributed by atoms with E-state index in [0.29, 0.717) is 16.9 Å². The van der Waals surface area contributed by atoms with Crippen molar-refractivity contribution in [3.05, 3.63) is 23.8 Å². The summed E-state index contributed by atoms with van der Waals surface area (Å²) in [4.78, 5) is 22.5. The van der Waals surface area contributed by atoms with Gasteiger partial charge in [-0.1, -0.05) is 6.07 Å². The molecule has 1 amide bonds. The van der Waals surface area contributed by atoms with Crippen molar-refractivity contribution in [3.63, 3.8) is 0 Å². The molecule has 78 valence electrons. The second-order valence-corrected chi connectivity index (χ2v) is 3.12. The summed E-state index contributed by atoms with van der Waals surface area (Å²) in [7, 11) is 1.32. The SMILES string of the molecule is COC(=O)c1cccc2c1NCC(=O)N2. The molecule has 1 aliphatic rings. The van der Waals surface area contributed by atoms with E-state index in [0.717, 1.165) is 0 Å². The number of amides is 1. The smallest absolute Gasteiger partial charge is 0.340 e. The molecule has 0 bridgehead atoms. The molecule has 0 aliphatic carbocycles. The zero-order valence-corrected chi connectivity index (χ0v) is 8.16. The number of fused-ring (bicyclic) bond motifs is 1. The monoisotopic (exact) mass is 206 g/mol. The molecule has 0 saturated heterocycles. The van der Waals surface area contributed by atoms with Crippen LogP contribution >= 0.6 is 0 Å². The molecule has 0 atom stereocenters. The van der Waals surface area contributed by atoms with Crippen molar-refractivity contribution in [2.24, 2.45) is 0 Å². The lowest BCUT2D eigenvalue weighted by molar-refractivity contribution is -0.114. The molecule has 1 aromatic carbocycles. The predicted octanol–water partition coefficient (Wildman–Crippen LogP) is 0.837. The van der Waals surface area contributed by atoms with Crippen LogP contribution in [-0.2, 0) is 9.53 Å². The number of rotatable bonds is 1. The number of ether oxygens (including phenoxy) is 1. The fraction of sp³-hybridized carbons (Fsp3) is 0.200. The van der Waals surface area contributed by atoms with Crippen LogP contribution in [0.1, 0.15) is 10.4 Å². The van der Waals surface area contributed by atoms with Crippen LogP contribution < -0.4 is 10.6 Å². The minimum absolute atomic E-state index is 0.121. The number of benzene rings is 1. The number of nitrogens with one attached hydrogen (secondary N) is 2. The molecule has 0 saturated carbocycles. The Kier molecular flexibility index (Phi) is 2.29. The minimum Gasteiger partial charge on any atom is -0.465 e. The third-order valence-electron chi connectivity index (χ3n) is 2.17. The quantitative estimate of drug-likeness (QED) is 0.668. The minimum atomic E-state index is -0.421. The summed E-state index contributed by atoms with van der Waals surface area (Å²) in [6.07, 6.45) is 0. The maximum absolute atomic E-state index is 11.4. The Morgan fingerprint density at radius 2 is 2.27 bits per heavy atom. The van der Waals surface area contributed by atoms with Gasteiger partial charge >= 0.3 is 5.97 Å². The van der Waals surface area contributed by atoms with Gasteiger partial charge in [0, 0.05) is 0 Å². The summed E-state index contributed by atoms with van der Waals surface area (Å²) >= 11 is 0. The Labute approximate surface area is 86.4 Å². The fourth-order valence-corrected chi connectivity index (χ4v) is 1.49. The van der Waals surface area contributed by atoms with E-state index in [4.69, 9.17) is 0 Å². The number of para-hydroxylation sites is 1. The van der Waals surface area contributed by atoms with Gasteiger partial charge in [-0.25, -0.2) is 4.79 Å². The van der Waals surface area contributed by atoms with Crippen molar-refractivity contribution in [1.29, 1.82) is 0 Å². The van der Waals surface area contributed by atoms with Crippen molar-refractivity contribution in [3.8, 4) is 0 Å². The van der Waals surface area contributed by atoms with Crippen LogP contribution in [0.25, 0.3) is 0 Å². The molecule has 0 radical (unpaired) electrons. The van der Waals surface area contributed by atoms with E-state index < -0.39 is 5.97 Å². The summed E-state index contributed by atoms with van der Waals surface area (Å²) in [6.45, 7) is 0.168. The van der Waals surface area contributed by atoms with E-state index in [1.165, 1.54) is 7.11 Å². The molecular formula is C10H10N2O3. The lowest BCUT2D eigenvalue weighted by Gasteiger charge is -2.20. The molecule has 1 heterocycles. The highest BCUT2D eigenvalue weighted by atomic mass is 16.5. The summed E-state index contributed by atoms with van der Waals surface area (Å²) in [6, 6.07) is 5.07. The highest BCUT2D eigenvalue weighted by molar-refractivity contribution is 6.07. The molecule has 1 aromatic rings. The van der Waals surface area contributed by atoms with Gasteiger partial charge in [-0.2, -0.15) is 0 Å². The van der Waals surface area contributed by atoms with Crippen LogP contribution in [0, 0.1) is 0 Å². The van der Waals surface area contributed by atoms with Gasteiger partial charge in [-0.3, -0.25) is 4.79 Å². The van der Waals surface area contributed by atoms with Gasteiger partial charge in [0.2, 0.25) is 5.91 Å². The van der Waals surface area contributed by atoms with Gasteiger partial charge in [0.15, 0.2) is 0 Å². The first-order valence-corrected chi connectivity index (χ1v) is 4.47. The molecule has 2 rings (SSSR count). The molecule has 0 fully saturated rings. The van der Waals surface area contributed by atoms with E-state index in [1.54, 1.807) is 18.2 Å². The number of methoxy groups -OCH3 is 1. The van der Waals surface area contributed by atoms with Crippen molar-refractivity contribution < 1.29 is 14.3 Å². The van der Waals surface area contributed by atoms with Crippen LogP contribution in [0.15, 0.2) is 18.2 Å². The molecule has 15 heavy (non-hydrogen) atoms. The average molecular weight is 206 g/mol. The maximum atomic E-state index is 11.4. The number of carbonyl (C=O) groups is 2. The summed E-state index contributed by atoms with van der Waals surface area (Å²) in [5.74, 6) is -0.542. The van der Waals surface area contributed by atoms with Gasteiger partial charge in [0.05, 0.1) is 30.6 Å². The second-order valence-electron chi connectivity index (χ2n) is 3.12. The molecule has 5 nitrogen and oxygen atoms in total. The van der Waals surface area contributed by atoms with E-state index in [1.807, 2.05) is 0 Å². The van der Waals surface area contributed by atoms with E-state index in [2.05, 4.69) is 15.4 Å².